The molecule has 0 aliphatic carbocycles. The van der Waals surface area contributed by atoms with Crippen LogP contribution in [-0.4, -0.2) is 28.2 Å². The van der Waals surface area contributed by atoms with E-state index in [1.165, 1.54) is 24.3 Å². The maximum Gasteiger partial charge on any atom is 0.291 e. The SMILES string of the molecule is O=C(c1ccc(COc2ccccc2Br)cc1)N1NC(=C(F)F)CC1(O)C(F)F. The largest absolute Gasteiger partial charge is 0.488 e. The Morgan fingerprint density at radius 2 is 1.86 bits per heavy atom. The van der Waals surface area contributed by atoms with Crippen LogP contribution in [0.1, 0.15) is 22.3 Å². The maximum absolute atomic E-state index is 13.3. The average molecular weight is 475 g/mol. The monoisotopic (exact) mass is 474 g/mol. The molecule has 1 heterocycles. The number of alkyl halides is 2. The zero-order valence-corrected chi connectivity index (χ0v) is 16.3. The lowest BCUT2D eigenvalue weighted by atomic mass is 10.1. The number of carbonyl (C=O) groups excluding carboxylic acids is 1. The number of amides is 1. The molecular formula is C19H15BrF4N2O3. The van der Waals surface area contributed by atoms with Crippen molar-refractivity contribution in [1.82, 2.24) is 10.4 Å². The predicted octanol–water partition coefficient (Wildman–Crippen LogP) is 4.44. The zero-order chi connectivity index (χ0) is 21.2. The van der Waals surface area contributed by atoms with Crippen LogP contribution in [0.4, 0.5) is 17.6 Å². The molecule has 1 atom stereocenters. The van der Waals surface area contributed by atoms with Crippen LogP contribution >= 0.6 is 15.9 Å². The van der Waals surface area contributed by atoms with Crippen molar-refractivity contribution in [1.29, 1.82) is 0 Å². The van der Waals surface area contributed by atoms with E-state index in [2.05, 4.69) is 15.9 Å². The van der Waals surface area contributed by atoms with E-state index in [1.54, 1.807) is 12.1 Å². The first-order chi connectivity index (χ1) is 13.7. The Balaban J connectivity index is 1.74. The first-order valence-corrected chi connectivity index (χ1v) is 9.14. The number of rotatable bonds is 5. The summed E-state index contributed by atoms with van der Waals surface area (Å²) >= 11 is 3.35. The van der Waals surface area contributed by atoms with Crippen LogP contribution in [-0.2, 0) is 6.61 Å². The summed E-state index contributed by atoms with van der Waals surface area (Å²) in [5.74, 6) is -0.453. The lowest BCUT2D eigenvalue weighted by Gasteiger charge is -2.31. The maximum atomic E-state index is 13.3. The van der Waals surface area contributed by atoms with Crippen molar-refractivity contribution in [3.8, 4) is 5.75 Å². The molecule has 0 bridgehead atoms. The lowest BCUT2D eigenvalue weighted by Crippen LogP contribution is -2.55. The summed E-state index contributed by atoms with van der Waals surface area (Å²) in [5, 5.41) is 10.2. The zero-order valence-electron chi connectivity index (χ0n) is 14.7. The fourth-order valence-corrected chi connectivity index (χ4v) is 3.12. The molecule has 10 heteroatoms. The number of benzene rings is 2. The molecule has 29 heavy (non-hydrogen) atoms. The Morgan fingerprint density at radius 3 is 2.45 bits per heavy atom. The summed E-state index contributed by atoms with van der Waals surface area (Å²) in [5.41, 5.74) is -1.50. The second-order valence-electron chi connectivity index (χ2n) is 6.26. The molecule has 3 rings (SSSR count). The highest BCUT2D eigenvalue weighted by Crippen LogP contribution is 2.35. The van der Waals surface area contributed by atoms with Crippen molar-refractivity contribution >= 4 is 21.8 Å². The normalized spacial score (nSPS) is 18.7. The Morgan fingerprint density at radius 1 is 1.21 bits per heavy atom. The molecule has 2 aromatic rings. The van der Waals surface area contributed by atoms with Gasteiger partial charge in [0.1, 0.15) is 18.1 Å². The summed E-state index contributed by atoms with van der Waals surface area (Å²) in [6.45, 7) is 0.181. The highest BCUT2D eigenvalue weighted by Gasteiger charge is 2.53. The molecule has 0 radical (unpaired) electrons. The molecule has 2 N–H and O–H groups in total. The summed E-state index contributed by atoms with van der Waals surface area (Å²) in [6, 6.07) is 13.0. The molecule has 1 aliphatic heterocycles. The van der Waals surface area contributed by atoms with Crippen LogP contribution < -0.4 is 10.2 Å². The van der Waals surface area contributed by atoms with E-state index >= 15 is 0 Å². The highest BCUT2D eigenvalue weighted by atomic mass is 79.9. The Bertz CT molecular complexity index is 935. The molecule has 0 spiro atoms. The van der Waals surface area contributed by atoms with E-state index in [0.717, 1.165) is 4.47 Å². The van der Waals surface area contributed by atoms with E-state index < -0.39 is 36.3 Å². The number of nitrogens with zero attached hydrogens (tertiary/aromatic N) is 1. The molecule has 1 aliphatic rings. The van der Waals surface area contributed by atoms with Crippen LogP contribution in [0.2, 0.25) is 0 Å². The van der Waals surface area contributed by atoms with Gasteiger partial charge in [0.05, 0.1) is 10.9 Å². The van der Waals surface area contributed by atoms with E-state index in [1.807, 2.05) is 17.6 Å². The van der Waals surface area contributed by atoms with Gasteiger partial charge in [0.25, 0.3) is 18.4 Å². The van der Waals surface area contributed by atoms with Crippen molar-refractivity contribution in [2.45, 2.75) is 25.2 Å². The quantitative estimate of drug-likeness (QED) is 0.628. The van der Waals surface area contributed by atoms with Gasteiger partial charge in [-0.1, -0.05) is 24.3 Å². The summed E-state index contributed by atoms with van der Waals surface area (Å²) in [7, 11) is 0. The first kappa shape index (κ1) is 21.1. The van der Waals surface area contributed by atoms with Crippen LogP contribution in [0.15, 0.2) is 64.8 Å². The first-order valence-electron chi connectivity index (χ1n) is 8.34. The third-order valence-electron chi connectivity index (χ3n) is 4.28. The van der Waals surface area contributed by atoms with E-state index in [4.69, 9.17) is 4.74 Å². The van der Waals surface area contributed by atoms with Gasteiger partial charge in [-0.25, -0.2) is 13.8 Å². The molecule has 5 nitrogen and oxygen atoms in total. The molecule has 1 unspecified atom stereocenters. The number of para-hydroxylation sites is 1. The minimum Gasteiger partial charge on any atom is -0.488 e. The van der Waals surface area contributed by atoms with Crippen LogP contribution in [0.3, 0.4) is 0 Å². The van der Waals surface area contributed by atoms with Gasteiger partial charge in [0.15, 0.2) is 0 Å². The smallest absolute Gasteiger partial charge is 0.291 e. The number of hydrogen-bond acceptors (Lipinski definition) is 4. The molecule has 1 saturated heterocycles. The minimum atomic E-state index is -3.45. The second-order valence-corrected chi connectivity index (χ2v) is 7.12. The standard InChI is InChI=1S/C19H15BrF4N2O3/c20-13-3-1-2-4-15(13)29-10-11-5-7-12(8-6-11)17(27)26-19(28,18(23)24)9-14(25-26)16(21)22/h1-8,18,25,28H,9-10H2. The summed E-state index contributed by atoms with van der Waals surface area (Å²) in [4.78, 5) is 12.5. The molecular weight excluding hydrogens is 460 g/mol. The number of halogens is 5. The van der Waals surface area contributed by atoms with Crippen LogP contribution in [0.25, 0.3) is 0 Å². The van der Waals surface area contributed by atoms with Gasteiger partial charge in [0.2, 0.25) is 5.72 Å². The molecule has 0 aromatic heterocycles. The Labute approximate surface area is 171 Å². The molecule has 154 valence electrons. The molecule has 0 saturated carbocycles. The van der Waals surface area contributed by atoms with Crippen molar-refractivity contribution in [2.75, 3.05) is 0 Å². The fraction of sp³-hybridized carbons (Fsp3) is 0.211. The lowest BCUT2D eigenvalue weighted by molar-refractivity contribution is -0.168. The number of ether oxygens (including phenoxy) is 1. The number of aliphatic hydroxyl groups is 1. The summed E-state index contributed by atoms with van der Waals surface area (Å²) < 4.78 is 58.6. The second kappa shape index (κ2) is 8.42. The van der Waals surface area contributed by atoms with Crippen LogP contribution in [0.5, 0.6) is 5.75 Å². The Hall–Kier alpha value is -2.59. The van der Waals surface area contributed by atoms with Gasteiger partial charge in [-0.2, -0.15) is 8.78 Å². The predicted molar refractivity (Wildman–Crippen MR) is 99.0 cm³/mol. The number of hydrogen-bond donors (Lipinski definition) is 2. The number of carbonyl (C=O) groups is 1. The minimum absolute atomic E-state index is 0.0678. The third kappa shape index (κ3) is 4.38. The van der Waals surface area contributed by atoms with Crippen molar-refractivity contribution < 1.29 is 32.2 Å². The molecule has 1 amide bonds. The van der Waals surface area contributed by atoms with E-state index in [-0.39, 0.29) is 17.2 Å². The average Bonchev–Trinajstić information content (AvgIpc) is 3.07. The molecule has 1 fully saturated rings. The van der Waals surface area contributed by atoms with Gasteiger partial charge in [-0.15, -0.1) is 0 Å². The topological polar surface area (TPSA) is 61.8 Å². The van der Waals surface area contributed by atoms with Crippen LogP contribution in [0, 0.1) is 0 Å². The van der Waals surface area contributed by atoms with E-state index in [0.29, 0.717) is 11.3 Å². The van der Waals surface area contributed by atoms with Gasteiger partial charge in [-0.05, 0) is 45.8 Å². The van der Waals surface area contributed by atoms with E-state index in [9.17, 15) is 27.5 Å². The Kier molecular flexibility index (Phi) is 6.13. The highest BCUT2D eigenvalue weighted by molar-refractivity contribution is 9.10. The molecule has 2 aromatic carbocycles. The fourth-order valence-electron chi connectivity index (χ4n) is 2.72. The summed E-state index contributed by atoms with van der Waals surface area (Å²) in [6.07, 6.45) is -6.83. The van der Waals surface area contributed by atoms with Gasteiger partial charge in [-0.3, -0.25) is 10.2 Å². The number of nitrogens with one attached hydrogen (secondary N) is 1. The van der Waals surface area contributed by atoms with Gasteiger partial charge < -0.3 is 9.84 Å². The van der Waals surface area contributed by atoms with Gasteiger partial charge in [0, 0.05) is 5.56 Å². The third-order valence-corrected chi connectivity index (χ3v) is 4.94. The van der Waals surface area contributed by atoms with Crippen molar-refractivity contribution in [2.24, 2.45) is 0 Å². The number of hydrazine groups is 1. The van der Waals surface area contributed by atoms with Gasteiger partial charge >= 0.3 is 0 Å². The van der Waals surface area contributed by atoms with Crippen molar-refractivity contribution in [3.63, 3.8) is 0 Å². The van der Waals surface area contributed by atoms with Crippen molar-refractivity contribution in [3.05, 3.63) is 75.9 Å².